The summed E-state index contributed by atoms with van der Waals surface area (Å²) in [4.78, 5) is 16.4. The van der Waals surface area contributed by atoms with Gasteiger partial charge < -0.3 is 9.47 Å². The number of nitrogens with one attached hydrogen (secondary N) is 1. The Morgan fingerprint density at radius 2 is 1.93 bits per heavy atom. The first-order valence-electron chi connectivity index (χ1n) is 9.41. The van der Waals surface area contributed by atoms with E-state index >= 15 is 0 Å². The molecule has 0 saturated carbocycles. The number of piperidine rings is 1. The minimum atomic E-state index is -3.69. The van der Waals surface area contributed by atoms with Gasteiger partial charge in [0.2, 0.25) is 15.9 Å². The van der Waals surface area contributed by atoms with Crippen LogP contribution in [0.15, 0.2) is 52.7 Å². The number of rotatable bonds is 7. The molecule has 0 radical (unpaired) electrons. The molecule has 0 unspecified atom stereocenters. The molecule has 1 saturated heterocycles. The Hall–Kier alpha value is -2.98. The number of benzene rings is 1. The van der Waals surface area contributed by atoms with E-state index in [4.69, 9.17) is 9.47 Å². The topological polar surface area (TPSA) is 110 Å². The number of amides is 1. The molecule has 2 aromatic rings. The van der Waals surface area contributed by atoms with Crippen molar-refractivity contribution in [1.29, 1.82) is 0 Å². The molecule has 0 bridgehead atoms. The van der Waals surface area contributed by atoms with Gasteiger partial charge in [-0.15, -0.1) is 0 Å². The Kier molecular flexibility index (Phi) is 7.01. The fourth-order valence-corrected chi connectivity index (χ4v) is 4.68. The highest BCUT2D eigenvalue weighted by Gasteiger charge is 2.32. The van der Waals surface area contributed by atoms with Gasteiger partial charge in [0.15, 0.2) is 11.5 Å². The van der Waals surface area contributed by atoms with Crippen LogP contribution in [0.2, 0.25) is 0 Å². The number of carbonyl (C=O) groups excluding carboxylic acids is 1. The van der Waals surface area contributed by atoms with E-state index in [0.717, 1.165) is 5.56 Å². The summed E-state index contributed by atoms with van der Waals surface area (Å²) in [7, 11) is -0.750. The molecule has 1 aromatic carbocycles. The van der Waals surface area contributed by atoms with Crippen molar-refractivity contribution >= 4 is 22.1 Å². The third kappa shape index (κ3) is 4.95. The third-order valence-corrected chi connectivity index (χ3v) is 6.78. The average Bonchev–Trinajstić information content (AvgIpc) is 2.79. The molecule has 3 rings (SSSR count). The second kappa shape index (κ2) is 9.68. The van der Waals surface area contributed by atoms with Crippen molar-refractivity contribution in [1.82, 2.24) is 14.7 Å². The predicted octanol–water partition coefficient (Wildman–Crippen LogP) is 1.65. The molecule has 0 atom stereocenters. The first kappa shape index (κ1) is 21.7. The summed E-state index contributed by atoms with van der Waals surface area (Å²) in [6.45, 7) is 0.502. The Morgan fingerprint density at radius 3 is 2.57 bits per heavy atom. The lowest BCUT2D eigenvalue weighted by Crippen LogP contribution is -2.42. The molecule has 1 N–H and O–H groups in total. The van der Waals surface area contributed by atoms with Crippen LogP contribution in [0.25, 0.3) is 0 Å². The van der Waals surface area contributed by atoms with Crippen LogP contribution in [0.5, 0.6) is 11.5 Å². The van der Waals surface area contributed by atoms with Crippen molar-refractivity contribution in [2.24, 2.45) is 11.0 Å². The van der Waals surface area contributed by atoms with Gasteiger partial charge in [0.1, 0.15) is 0 Å². The maximum absolute atomic E-state index is 13.0. The number of sulfonamides is 1. The smallest absolute Gasteiger partial charge is 0.243 e. The molecule has 10 heteroatoms. The Balaban J connectivity index is 1.59. The predicted molar refractivity (Wildman–Crippen MR) is 111 cm³/mol. The van der Waals surface area contributed by atoms with Gasteiger partial charge in [-0.05, 0) is 31.0 Å². The SMILES string of the molecule is COc1ccc(S(=O)(=O)N2CCC(C(=O)N/N=C\c3cccnc3)CC2)cc1OC. The normalized spacial score (nSPS) is 15.8. The molecular formula is C20H24N4O5S. The van der Waals surface area contributed by atoms with Gasteiger partial charge in [-0.1, -0.05) is 6.07 Å². The lowest BCUT2D eigenvalue weighted by atomic mass is 9.98. The first-order valence-corrected chi connectivity index (χ1v) is 10.8. The number of aromatic nitrogens is 1. The number of carbonyl (C=O) groups is 1. The van der Waals surface area contributed by atoms with Gasteiger partial charge in [-0.2, -0.15) is 9.41 Å². The fourth-order valence-electron chi connectivity index (χ4n) is 3.20. The Labute approximate surface area is 175 Å². The lowest BCUT2D eigenvalue weighted by molar-refractivity contribution is -0.126. The van der Waals surface area contributed by atoms with Crippen molar-refractivity contribution in [2.75, 3.05) is 27.3 Å². The quantitative estimate of drug-likeness (QED) is 0.526. The number of methoxy groups -OCH3 is 2. The van der Waals surface area contributed by atoms with Gasteiger partial charge in [-0.25, -0.2) is 13.8 Å². The van der Waals surface area contributed by atoms with E-state index in [0.29, 0.717) is 24.3 Å². The summed E-state index contributed by atoms with van der Waals surface area (Å²) < 4.78 is 37.7. The second-order valence-electron chi connectivity index (χ2n) is 6.72. The van der Waals surface area contributed by atoms with Crippen LogP contribution in [0, 0.1) is 5.92 Å². The van der Waals surface area contributed by atoms with Gasteiger partial charge in [-0.3, -0.25) is 9.78 Å². The van der Waals surface area contributed by atoms with Crippen molar-refractivity contribution in [3.8, 4) is 11.5 Å². The van der Waals surface area contributed by atoms with Crippen LogP contribution in [-0.2, 0) is 14.8 Å². The monoisotopic (exact) mass is 432 g/mol. The van der Waals surface area contributed by atoms with E-state index in [2.05, 4.69) is 15.5 Å². The van der Waals surface area contributed by atoms with Gasteiger partial charge >= 0.3 is 0 Å². The minimum Gasteiger partial charge on any atom is -0.493 e. The summed E-state index contributed by atoms with van der Waals surface area (Å²) in [6.07, 6.45) is 5.63. The lowest BCUT2D eigenvalue weighted by Gasteiger charge is -2.30. The van der Waals surface area contributed by atoms with Crippen LogP contribution in [0.1, 0.15) is 18.4 Å². The highest BCUT2D eigenvalue weighted by atomic mass is 32.2. The molecule has 0 aliphatic carbocycles. The van der Waals surface area contributed by atoms with E-state index in [1.54, 1.807) is 24.5 Å². The zero-order chi connectivity index (χ0) is 21.6. The molecule has 2 heterocycles. The van der Waals surface area contributed by atoms with Crippen LogP contribution in [0.4, 0.5) is 0 Å². The van der Waals surface area contributed by atoms with E-state index < -0.39 is 10.0 Å². The van der Waals surface area contributed by atoms with Crippen LogP contribution in [0.3, 0.4) is 0 Å². The third-order valence-electron chi connectivity index (χ3n) is 4.89. The number of hydrazone groups is 1. The summed E-state index contributed by atoms with van der Waals surface area (Å²) in [6, 6.07) is 8.09. The summed E-state index contributed by atoms with van der Waals surface area (Å²) in [5.41, 5.74) is 3.29. The zero-order valence-electron chi connectivity index (χ0n) is 16.8. The van der Waals surface area contributed by atoms with Crippen molar-refractivity contribution in [2.45, 2.75) is 17.7 Å². The summed E-state index contributed by atoms with van der Waals surface area (Å²) >= 11 is 0. The van der Waals surface area contributed by atoms with Crippen molar-refractivity contribution < 1.29 is 22.7 Å². The van der Waals surface area contributed by atoms with Crippen LogP contribution in [-0.4, -0.2) is 57.1 Å². The van der Waals surface area contributed by atoms with E-state index in [-0.39, 0.29) is 29.8 Å². The molecule has 9 nitrogen and oxygen atoms in total. The maximum Gasteiger partial charge on any atom is 0.243 e. The fraction of sp³-hybridized carbons (Fsp3) is 0.350. The van der Waals surface area contributed by atoms with Crippen LogP contribution >= 0.6 is 0 Å². The molecule has 1 aromatic heterocycles. The highest BCUT2D eigenvalue weighted by molar-refractivity contribution is 7.89. The van der Waals surface area contributed by atoms with E-state index in [1.807, 2.05) is 6.07 Å². The molecular weight excluding hydrogens is 408 g/mol. The van der Waals surface area contributed by atoms with Crippen molar-refractivity contribution in [3.63, 3.8) is 0 Å². The van der Waals surface area contributed by atoms with Crippen LogP contribution < -0.4 is 14.9 Å². The number of nitrogens with zero attached hydrogens (tertiary/aromatic N) is 3. The Morgan fingerprint density at radius 1 is 1.20 bits per heavy atom. The second-order valence-corrected chi connectivity index (χ2v) is 8.65. The van der Waals surface area contributed by atoms with Crippen molar-refractivity contribution in [3.05, 3.63) is 48.3 Å². The largest absolute Gasteiger partial charge is 0.493 e. The summed E-state index contributed by atoms with van der Waals surface area (Å²) in [5.74, 6) is 0.282. The number of hydrogen-bond acceptors (Lipinski definition) is 7. The van der Waals surface area contributed by atoms with E-state index in [9.17, 15) is 13.2 Å². The first-order chi connectivity index (χ1) is 14.5. The molecule has 30 heavy (non-hydrogen) atoms. The number of hydrogen-bond donors (Lipinski definition) is 1. The molecule has 1 amide bonds. The number of ether oxygens (including phenoxy) is 2. The molecule has 1 aliphatic heterocycles. The van der Waals surface area contributed by atoms with Gasteiger partial charge in [0, 0.05) is 43.0 Å². The zero-order valence-corrected chi connectivity index (χ0v) is 17.6. The highest BCUT2D eigenvalue weighted by Crippen LogP contribution is 2.31. The molecule has 160 valence electrons. The molecule has 1 fully saturated rings. The maximum atomic E-state index is 13.0. The van der Waals surface area contributed by atoms with Gasteiger partial charge in [0.05, 0.1) is 25.3 Å². The number of pyridine rings is 1. The standard InChI is InChI=1S/C20H24N4O5S/c1-28-18-6-5-17(12-19(18)29-2)30(26,27)24-10-7-16(8-11-24)20(25)23-22-14-15-4-3-9-21-13-15/h3-6,9,12-14,16H,7-8,10-11H2,1-2H3,(H,23,25)/b22-14-. The Bertz CT molecular complexity index is 1000. The average molecular weight is 433 g/mol. The summed E-state index contributed by atoms with van der Waals surface area (Å²) in [5, 5.41) is 3.95. The van der Waals surface area contributed by atoms with E-state index in [1.165, 1.54) is 36.9 Å². The minimum absolute atomic E-state index is 0.129. The molecule has 0 spiro atoms. The van der Waals surface area contributed by atoms with Gasteiger partial charge in [0.25, 0.3) is 0 Å². The molecule has 1 aliphatic rings.